The molecule has 10 heteroatoms. The highest BCUT2D eigenvalue weighted by molar-refractivity contribution is 14.0. The van der Waals surface area contributed by atoms with Gasteiger partial charge in [0.05, 0.1) is 23.7 Å². The predicted molar refractivity (Wildman–Crippen MR) is 121 cm³/mol. The summed E-state index contributed by atoms with van der Waals surface area (Å²) in [5.41, 5.74) is 0.868. The Bertz CT molecular complexity index is 756. The molecule has 0 bridgehead atoms. The Morgan fingerprint density at radius 3 is 2.79 bits per heavy atom. The number of pyridine rings is 1. The average Bonchev–Trinajstić information content (AvgIpc) is 2.62. The Morgan fingerprint density at radius 2 is 2.14 bits per heavy atom. The lowest BCUT2D eigenvalue weighted by Crippen LogP contribution is -2.57. The highest BCUT2D eigenvalue weighted by Crippen LogP contribution is 2.24. The van der Waals surface area contributed by atoms with Gasteiger partial charge in [0.25, 0.3) is 0 Å². The molecular weight excluding hydrogens is 495 g/mol. The van der Waals surface area contributed by atoms with E-state index in [0.29, 0.717) is 51.2 Å². The molecule has 1 aliphatic heterocycles. The fraction of sp³-hybridized carbons (Fsp3) is 0.667. The molecule has 0 aliphatic carbocycles. The first-order valence-corrected chi connectivity index (χ1v) is 10.8. The second-order valence-corrected chi connectivity index (χ2v) is 9.72. The normalized spacial score (nSPS) is 18.3. The summed E-state index contributed by atoms with van der Waals surface area (Å²) < 4.78 is 34.4. The average molecular weight is 526 g/mol. The lowest BCUT2D eigenvalue weighted by atomic mass is 10.2. The molecule has 2 rings (SSSR count). The summed E-state index contributed by atoms with van der Waals surface area (Å²) in [5.74, 6) is 1.37. The van der Waals surface area contributed by atoms with Crippen molar-refractivity contribution < 1.29 is 17.9 Å². The molecule has 1 fully saturated rings. The van der Waals surface area contributed by atoms with Gasteiger partial charge in [0.2, 0.25) is 5.88 Å². The molecule has 8 nitrogen and oxygen atoms in total. The van der Waals surface area contributed by atoms with Crippen LogP contribution in [0.1, 0.15) is 26.3 Å². The van der Waals surface area contributed by atoms with Gasteiger partial charge in [-0.25, -0.2) is 18.4 Å². The molecule has 1 aromatic rings. The standard InChI is InChI=1S/C18H30N4O4S.HI/c1-5-19-17(22-9-12-27(23,24)18(2,3)14-22)21-13-15-7-6-8-20-16(15)26-11-10-25-4;/h6-8H,5,9-14H2,1-4H3,(H,19,21);1H. The van der Waals surface area contributed by atoms with E-state index in [0.717, 1.165) is 5.56 Å². The van der Waals surface area contributed by atoms with E-state index >= 15 is 0 Å². The summed E-state index contributed by atoms with van der Waals surface area (Å²) in [4.78, 5) is 11.0. The molecule has 0 unspecified atom stereocenters. The van der Waals surface area contributed by atoms with E-state index in [-0.39, 0.29) is 29.7 Å². The molecule has 0 aromatic carbocycles. The van der Waals surface area contributed by atoms with Gasteiger partial charge >= 0.3 is 0 Å². The van der Waals surface area contributed by atoms with Gasteiger partial charge in [-0.15, -0.1) is 24.0 Å². The Kier molecular flexibility index (Phi) is 9.91. The fourth-order valence-corrected chi connectivity index (χ4v) is 4.17. The third kappa shape index (κ3) is 6.45. The zero-order chi connectivity index (χ0) is 19.9. The van der Waals surface area contributed by atoms with Crippen LogP contribution < -0.4 is 10.1 Å². The van der Waals surface area contributed by atoms with Gasteiger partial charge in [-0.05, 0) is 26.8 Å². The number of guanidine groups is 1. The van der Waals surface area contributed by atoms with E-state index in [9.17, 15) is 8.42 Å². The first kappa shape index (κ1) is 24.9. The van der Waals surface area contributed by atoms with Gasteiger partial charge in [0, 0.05) is 38.5 Å². The van der Waals surface area contributed by atoms with Crippen LogP contribution >= 0.6 is 24.0 Å². The van der Waals surface area contributed by atoms with Gasteiger partial charge in [-0.2, -0.15) is 0 Å². The Labute approximate surface area is 185 Å². The predicted octanol–water partition coefficient (Wildman–Crippen LogP) is 1.70. The lowest BCUT2D eigenvalue weighted by Gasteiger charge is -2.39. The molecular formula is C18H31IN4O4S. The van der Waals surface area contributed by atoms with Gasteiger partial charge < -0.3 is 19.7 Å². The van der Waals surface area contributed by atoms with Crippen LogP contribution in [0.2, 0.25) is 0 Å². The first-order valence-electron chi connectivity index (χ1n) is 9.12. The summed E-state index contributed by atoms with van der Waals surface area (Å²) in [6.07, 6.45) is 1.68. The van der Waals surface area contributed by atoms with Gasteiger partial charge in [0.15, 0.2) is 15.8 Å². The Morgan fingerprint density at radius 1 is 1.39 bits per heavy atom. The summed E-state index contributed by atoms with van der Waals surface area (Å²) in [6.45, 7) is 8.36. The Balaban J connectivity index is 0.00000392. The number of nitrogens with zero attached hydrogens (tertiary/aromatic N) is 3. The van der Waals surface area contributed by atoms with E-state index in [4.69, 9.17) is 14.5 Å². The molecule has 0 radical (unpaired) electrons. The molecule has 0 saturated carbocycles. The van der Waals surface area contributed by atoms with E-state index in [1.54, 1.807) is 27.2 Å². The number of aromatic nitrogens is 1. The maximum atomic E-state index is 12.3. The Hall–Kier alpha value is -1.14. The maximum absolute atomic E-state index is 12.3. The van der Waals surface area contributed by atoms with Crippen LogP contribution in [0, 0.1) is 0 Å². The number of ether oxygens (including phenoxy) is 2. The number of halogens is 1. The maximum Gasteiger partial charge on any atom is 0.218 e. The monoisotopic (exact) mass is 526 g/mol. The zero-order valence-corrected chi connectivity index (χ0v) is 20.1. The minimum absolute atomic E-state index is 0. The molecule has 0 atom stereocenters. The molecule has 1 aromatic heterocycles. The van der Waals surface area contributed by atoms with Crippen LogP contribution in [0.5, 0.6) is 5.88 Å². The van der Waals surface area contributed by atoms with Crippen molar-refractivity contribution in [2.24, 2.45) is 4.99 Å². The molecule has 2 heterocycles. The number of aliphatic imine (C=N–C) groups is 1. The van der Waals surface area contributed by atoms with Crippen LogP contribution in [0.15, 0.2) is 23.3 Å². The van der Waals surface area contributed by atoms with Crippen molar-refractivity contribution in [3.8, 4) is 5.88 Å². The number of rotatable bonds is 7. The number of sulfone groups is 1. The van der Waals surface area contributed by atoms with Gasteiger partial charge in [-0.3, -0.25) is 0 Å². The van der Waals surface area contributed by atoms with Gasteiger partial charge in [-0.1, -0.05) is 6.07 Å². The van der Waals surface area contributed by atoms with Crippen LogP contribution in [0.3, 0.4) is 0 Å². The van der Waals surface area contributed by atoms with Crippen LogP contribution in [-0.2, 0) is 21.1 Å². The zero-order valence-electron chi connectivity index (χ0n) is 17.0. The summed E-state index contributed by atoms with van der Waals surface area (Å²) in [5, 5.41) is 3.26. The molecule has 1 N–H and O–H groups in total. The van der Waals surface area contributed by atoms with E-state index in [2.05, 4.69) is 10.3 Å². The highest BCUT2D eigenvalue weighted by atomic mass is 127. The molecule has 0 amide bonds. The quantitative estimate of drug-likeness (QED) is 0.250. The number of methoxy groups -OCH3 is 1. The van der Waals surface area contributed by atoms with Crippen molar-refractivity contribution in [2.45, 2.75) is 32.1 Å². The van der Waals surface area contributed by atoms with Crippen molar-refractivity contribution in [2.75, 3.05) is 45.7 Å². The fourth-order valence-electron chi connectivity index (χ4n) is 2.81. The minimum Gasteiger partial charge on any atom is -0.475 e. The van der Waals surface area contributed by atoms with E-state index in [1.165, 1.54) is 0 Å². The number of hydrogen-bond donors (Lipinski definition) is 1. The lowest BCUT2D eigenvalue weighted by molar-refractivity contribution is 0.143. The SMILES string of the molecule is CCNC(=NCc1cccnc1OCCOC)N1CCS(=O)(=O)C(C)(C)C1.I. The van der Waals surface area contributed by atoms with Crippen LogP contribution in [0.25, 0.3) is 0 Å². The number of nitrogens with one attached hydrogen (secondary N) is 1. The largest absolute Gasteiger partial charge is 0.475 e. The topological polar surface area (TPSA) is 93.1 Å². The van der Waals surface area contributed by atoms with E-state index in [1.807, 2.05) is 24.0 Å². The van der Waals surface area contributed by atoms with E-state index < -0.39 is 14.6 Å². The molecule has 28 heavy (non-hydrogen) atoms. The molecule has 1 saturated heterocycles. The van der Waals surface area contributed by atoms with Crippen molar-refractivity contribution >= 4 is 39.8 Å². The molecule has 160 valence electrons. The second-order valence-electron chi connectivity index (χ2n) is 6.98. The minimum atomic E-state index is -3.10. The van der Waals surface area contributed by atoms with Crippen LogP contribution in [-0.4, -0.2) is 74.7 Å². The summed E-state index contributed by atoms with van der Waals surface area (Å²) in [7, 11) is -1.47. The molecule has 1 aliphatic rings. The van der Waals surface area contributed by atoms with Crippen molar-refractivity contribution in [3.63, 3.8) is 0 Å². The highest BCUT2D eigenvalue weighted by Gasteiger charge is 2.40. The van der Waals surface area contributed by atoms with Crippen molar-refractivity contribution in [3.05, 3.63) is 23.9 Å². The van der Waals surface area contributed by atoms with Crippen molar-refractivity contribution in [1.82, 2.24) is 15.2 Å². The smallest absolute Gasteiger partial charge is 0.218 e. The first-order chi connectivity index (χ1) is 12.8. The molecule has 0 spiro atoms. The number of hydrogen-bond acceptors (Lipinski definition) is 6. The summed E-state index contributed by atoms with van der Waals surface area (Å²) >= 11 is 0. The van der Waals surface area contributed by atoms with Crippen molar-refractivity contribution in [1.29, 1.82) is 0 Å². The third-order valence-electron chi connectivity index (χ3n) is 4.45. The second kappa shape index (κ2) is 11.1. The van der Waals surface area contributed by atoms with Crippen LogP contribution in [0.4, 0.5) is 0 Å². The van der Waals surface area contributed by atoms with Gasteiger partial charge in [0.1, 0.15) is 6.61 Å². The third-order valence-corrected chi connectivity index (χ3v) is 6.99. The summed E-state index contributed by atoms with van der Waals surface area (Å²) in [6, 6.07) is 3.77.